The molecule has 110 valence electrons. The third-order valence-electron chi connectivity index (χ3n) is 5.97. The van der Waals surface area contributed by atoms with Gasteiger partial charge < -0.3 is 0 Å². The molecule has 0 N–H and O–H groups in total. The van der Waals surface area contributed by atoms with Gasteiger partial charge in [0, 0.05) is 5.41 Å². The Morgan fingerprint density at radius 2 is 2.05 bits per heavy atom. The molecule has 1 aromatic heterocycles. The van der Waals surface area contributed by atoms with Crippen molar-refractivity contribution in [3.63, 3.8) is 0 Å². The van der Waals surface area contributed by atoms with Gasteiger partial charge in [-0.25, -0.2) is 4.98 Å². The number of rotatable bonds is 2. The lowest BCUT2D eigenvalue weighted by molar-refractivity contribution is -0.127. The summed E-state index contributed by atoms with van der Waals surface area (Å²) in [6.07, 6.45) is 2.23. The second-order valence-electron chi connectivity index (χ2n) is 7.05. The maximum absolute atomic E-state index is 12.9. The van der Waals surface area contributed by atoms with Crippen molar-refractivity contribution in [3.05, 3.63) is 24.3 Å². The van der Waals surface area contributed by atoms with Crippen LogP contribution in [-0.4, -0.2) is 16.0 Å². The summed E-state index contributed by atoms with van der Waals surface area (Å²) in [6, 6.07) is 8.21. The second kappa shape index (κ2) is 4.32. The van der Waals surface area contributed by atoms with E-state index in [1.807, 2.05) is 18.2 Å². The van der Waals surface area contributed by atoms with Gasteiger partial charge >= 0.3 is 0 Å². The van der Waals surface area contributed by atoms with E-state index in [2.05, 4.69) is 26.8 Å². The maximum atomic E-state index is 12.9. The van der Waals surface area contributed by atoms with E-state index in [1.165, 1.54) is 11.1 Å². The van der Waals surface area contributed by atoms with Gasteiger partial charge in [0.15, 0.2) is 10.1 Å². The van der Waals surface area contributed by atoms with Gasteiger partial charge in [-0.3, -0.25) is 4.79 Å². The molecule has 2 saturated carbocycles. The summed E-state index contributed by atoms with van der Waals surface area (Å²) >= 11 is 3.42. The van der Waals surface area contributed by atoms with E-state index in [4.69, 9.17) is 4.98 Å². The third-order valence-corrected chi connectivity index (χ3v) is 8.43. The van der Waals surface area contributed by atoms with Crippen molar-refractivity contribution in [1.29, 1.82) is 0 Å². The molecule has 0 saturated heterocycles. The van der Waals surface area contributed by atoms with Crippen LogP contribution >= 0.6 is 23.1 Å². The average molecular weight is 317 g/mol. The zero-order valence-corrected chi connectivity index (χ0v) is 14.2. The van der Waals surface area contributed by atoms with E-state index < -0.39 is 0 Å². The number of hydrogen-bond acceptors (Lipinski definition) is 4. The molecule has 21 heavy (non-hydrogen) atoms. The Labute approximate surface area is 133 Å². The average Bonchev–Trinajstić information content (AvgIpc) is 2.99. The highest BCUT2D eigenvalue weighted by Crippen LogP contribution is 2.66. The molecule has 2 bridgehead atoms. The lowest BCUT2D eigenvalue weighted by Crippen LogP contribution is -2.34. The molecule has 3 unspecified atom stereocenters. The molecule has 0 aliphatic heterocycles. The maximum Gasteiger partial charge on any atom is 0.152 e. The summed E-state index contributed by atoms with van der Waals surface area (Å²) < 4.78 is 2.25. The molecule has 0 radical (unpaired) electrons. The smallest absolute Gasteiger partial charge is 0.152 e. The molecule has 2 nitrogen and oxygen atoms in total. The Morgan fingerprint density at radius 1 is 1.29 bits per heavy atom. The predicted octanol–water partition coefficient (Wildman–Crippen LogP) is 4.78. The van der Waals surface area contributed by atoms with Gasteiger partial charge in [-0.15, -0.1) is 11.3 Å². The van der Waals surface area contributed by atoms with Crippen LogP contribution in [0, 0.1) is 16.7 Å². The number of carbonyl (C=O) groups is 1. The van der Waals surface area contributed by atoms with Crippen molar-refractivity contribution in [1.82, 2.24) is 4.98 Å². The van der Waals surface area contributed by atoms with Crippen LogP contribution in [0.1, 0.15) is 33.6 Å². The Bertz CT molecular complexity index is 702. The number of aromatic nitrogens is 1. The number of carbonyl (C=O) groups excluding carboxylic acids is 1. The fraction of sp³-hybridized carbons (Fsp3) is 0.529. The van der Waals surface area contributed by atoms with E-state index in [0.717, 1.165) is 16.3 Å². The van der Waals surface area contributed by atoms with Crippen molar-refractivity contribution in [3.8, 4) is 0 Å². The number of benzene rings is 1. The Hall–Kier alpha value is -0.870. The summed E-state index contributed by atoms with van der Waals surface area (Å²) in [5.74, 6) is 0.944. The van der Waals surface area contributed by atoms with E-state index in [9.17, 15) is 4.79 Å². The number of thiazole rings is 1. The number of nitrogens with zero attached hydrogens (tertiary/aromatic N) is 1. The molecular formula is C17H19NOS2. The largest absolute Gasteiger partial charge is 0.298 e. The predicted molar refractivity (Wildman–Crippen MR) is 88.9 cm³/mol. The molecule has 0 spiro atoms. The molecule has 1 heterocycles. The summed E-state index contributed by atoms with van der Waals surface area (Å²) in [7, 11) is 0. The number of fused-ring (bicyclic) bond motifs is 3. The Balaban J connectivity index is 1.68. The quantitative estimate of drug-likeness (QED) is 0.798. The first-order chi connectivity index (χ1) is 9.93. The first-order valence-electron chi connectivity index (χ1n) is 7.50. The van der Waals surface area contributed by atoms with Gasteiger partial charge in [0.2, 0.25) is 0 Å². The second-order valence-corrected chi connectivity index (χ2v) is 9.47. The zero-order valence-electron chi connectivity index (χ0n) is 12.6. The van der Waals surface area contributed by atoms with Gasteiger partial charge in [0.05, 0.1) is 15.5 Å². The molecule has 2 aliphatic rings. The minimum Gasteiger partial charge on any atom is -0.298 e. The van der Waals surface area contributed by atoms with Crippen LogP contribution in [0.4, 0.5) is 0 Å². The number of ketones is 1. The zero-order chi connectivity index (χ0) is 14.8. The monoisotopic (exact) mass is 317 g/mol. The van der Waals surface area contributed by atoms with Gasteiger partial charge in [-0.2, -0.15) is 0 Å². The summed E-state index contributed by atoms with van der Waals surface area (Å²) in [5.41, 5.74) is 1.04. The molecule has 3 atom stereocenters. The van der Waals surface area contributed by atoms with Crippen molar-refractivity contribution >= 4 is 39.1 Å². The lowest BCUT2D eigenvalue weighted by Gasteiger charge is -2.32. The molecule has 2 aliphatic carbocycles. The van der Waals surface area contributed by atoms with Crippen LogP contribution in [-0.2, 0) is 4.79 Å². The van der Waals surface area contributed by atoms with Crippen LogP contribution in [0.25, 0.3) is 10.2 Å². The van der Waals surface area contributed by atoms with Crippen LogP contribution in [0.15, 0.2) is 28.6 Å². The van der Waals surface area contributed by atoms with Crippen molar-refractivity contribution in [2.45, 2.75) is 43.2 Å². The summed E-state index contributed by atoms with van der Waals surface area (Å²) in [5, 5.41) is 0.0966. The normalized spacial score (nSPS) is 34.0. The van der Waals surface area contributed by atoms with Crippen LogP contribution < -0.4 is 0 Å². The standard InChI is InChI=1S/C17H19NOS2/c1-16(2)10-8-9-17(16,3)14(19)13(10)21-15-18-11-6-4-5-7-12(11)20-15/h4-7,10,13H,8-9H2,1-3H3. The fourth-order valence-corrected chi connectivity index (χ4v) is 7.00. The minimum atomic E-state index is -0.133. The number of hydrogen-bond donors (Lipinski definition) is 0. The SMILES string of the molecule is CC12CCC(C(Sc3nc4ccccc4s3)C1=O)C2(C)C. The molecule has 2 fully saturated rings. The Kier molecular flexibility index (Phi) is 2.84. The van der Waals surface area contributed by atoms with Gasteiger partial charge in [0.1, 0.15) is 0 Å². The third kappa shape index (κ3) is 1.72. The minimum absolute atomic E-state index is 0.0966. The van der Waals surface area contributed by atoms with E-state index >= 15 is 0 Å². The van der Waals surface area contributed by atoms with Crippen molar-refractivity contribution in [2.24, 2.45) is 16.7 Å². The topological polar surface area (TPSA) is 30.0 Å². The van der Waals surface area contributed by atoms with E-state index in [-0.39, 0.29) is 16.1 Å². The van der Waals surface area contributed by atoms with Gasteiger partial charge in [0.25, 0.3) is 0 Å². The van der Waals surface area contributed by atoms with Crippen molar-refractivity contribution < 1.29 is 4.79 Å². The van der Waals surface area contributed by atoms with Crippen LogP contribution in [0.5, 0.6) is 0 Å². The highest BCUT2D eigenvalue weighted by molar-refractivity contribution is 8.02. The summed E-state index contributed by atoms with van der Waals surface area (Å²) in [4.78, 5) is 17.6. The van der Waals surface area contributed by atoms with Gasteiger partial charge in [-0.1, -0.05) is 44.7 Å². The van der Waals surface area contributed by atoms with Gasteiger partial charge in [-0.05, 0) is 36.3 Å². The number of Topliss-reactive ketones (excluding diaryl/α,β-unsaturated/α-hetero) is 1. The molecule has 0 amide bonds. The van der Waals surface area contributed by atoms with E-state index in [1.54, 1.807) is 23.1 Å². The molecule has 2 aromatic rings. The molecule has 1 aromatic carbocycles. The molecule has 4 heteroatoms. The molecular weight excluding hydrogens is 298 g/mol. The number of para-hydroxylation sites is 1. The fourth-order valence-electron chi connectivity index (χ4n) is 4.15. The first-order valence-corrected chi connectivity index (χ1v) is 9.20. The van der Waals surface area contributed by atoms with Crippen LogP contribution in [0.3, 0.4) is 0 Å². The first kappa shape index (κ1) is 13.8. The highest BCUT2D eigenvalue weighted by Gasteiger charge is 2.66. The van der Waals surface area contributed by atoms with E-state index in [0.29, 0.717) is 11.7 Å². The van der Waals surface area contributed by atoms with Crippen LogP contribution in [0.2, 0.25) is 0 Å². The Morgan fingerprint density at radius 3 is 2.71 bits per heavy atom. The lowest BCUT2D eigenvalue weighted by atomic mass is 9.70. The molecule has 4 rings (SSSR count). The number of thioether (sulfide) groups is 1. The summed E-state index contributed by atoms with van der Waals surface area (Å²) in [6.45, 7) is 6.73. The van der Waals surface area contributed by atoms with Crippen molar-refractivity contribution in [2.75, 3.05) is 0 Å². The highest BCUT2D eigenvalue weighted by atomic mass is 32.2.